The summed E-state index contributed by atoms with van der Waals surface area (Å²) in [6, 6.07) is 4.01. The van der Waals surface area contributed by atoms with Gasteiger partial charge in [-0.15, -0.1) is 0 Å². The van der Waals surface area contributed by atoms with E-state index in [0.29, 0.717) is 11.3 Å². The fourth-order valence-electron chi connectivity index (χ4n) is 1.76. The summed E-state index contributed by atoms with van der Waals surface area (Å²) in [5.41, 5.74) is 0.762. The molecule has 0 spiro atoms. The van der Waals surface area contributed by atoms with E-state index in [4.69, 9.17) is 16.7 Å². The third-order valence-electron chi connectivity index (χ3n) is 2.69. The highest BCUT2D eigenvalue weighted by Gasteiger charge is 2.32. The van der Waals surface area contributed by atoms with Crippen LogP contribution in [0.4, 0.5) is 18.9 Å². The maximum absolute atomic E-state index is 12.6. The summed E-state index contributed by atoms with van der Waals surface area (Å²) in [5.74, 6) is -1.13. The second-order valence-corrected chi connectivity index (χ2v) is 5.12. The lowest BCUT2D eigenvalue weighted by Crippen LogP contribution is -2.39. The molecule has 0 saturated heterocycles. The lowest BCUT2D eigenvalue weighted by molar-refractivity contribution is -0.131. The number of aliphatic carboxylic acids is 1. The molecule has 3 nitrogen and oxygen atoms in total. The lowest BCUT2D eigenvalue weighted by atomic mass is 10.1. The largest absolute Gasteiger partial charge is 0.478 e. The fraction of sp³-hybridized carbons (Fsp3) is 0.357. The third-order valence-corrected chi connectivity index (χ3v) is 3.02. The molecule has 1 aromatic rings. The number of halogens is 4. The van der Waals surface area contributed by atoms with E-state index in [2.05, 4.69) is 0 Å². The van der Waals surface area contributed by atoms with Crippen LogP contribution in [0.1, 0.15) is 19.4 Å². The number of carboxylic acid groups (broad SMARTS) is 1. The molecule has 116 valence electrons. The van der Waals surface area contributed by atoms with Crippen LogP contribution in [0.3, 0.4) is 0 Å². The highest BCUT2D eigenvalue weighted by molar-refractivity contribution is 6.32. The van der Waals surface area contributed by atoms with E-state index in [-0.39, 0.29) is 11.1 Å². The van der Waals surface area contributed by atoms with Crippen molar-refractivity contribution in [3.63, 3.8) is 0 Å². The molecule has 0 aliphatic carbocycles. The average Bonchev–Trinajstić information content (AvgIpc) is 2.33. The summed E-state index contributed by atoms with van der Waals surface area (Å²) in [5, 5.41) is 8.74. The Morgan fingerprint density at radius 1 is 1.43 bits per heavy atom. The Hall–Kier alpha value is -1.69. The number of hydrogen-bond acceptors (Lipinski definition) is 2. The number of carboxylic acids is 1. The van der Waals surface area contributed by atoms with Crippen LogP contribution in [0.15, 0.2) is 24.3 Å². The van der Waals surface area contributed by atoms with Crippen LogP contribution in [0.5, 0.6) is 0 Å². The summed E-state index contributed by atoms with van der Waals surface area (Å²) >= 11 is 5.98. The molecule has 0 atom stereocenters. The fourth-order valence-corrected chi connectivity index (χ4v) is 1.99. The van der Waals surface area contributed by atoms with Crippen LogP contribution in [0.25, 0.3) is 6.08 Å². The molecule has 1 N–H and O–H groups in total. The summed E-state index contributed by atoms with van der Waals surface area (Å²) < 4.78 is 37.8. The number of alkyl halides is 3. The molecule has 0 amide bonds. The average molecular weight is 322 g/mol. The van der Waals surface area contributed by atoms with E-state index in [1.165, 1.54) is 29.2 Å². The summed E-state index contributed by atoms with van der Waals surface area (Å²) in [7, 11) is 0. The molecule has 0 aliphatic heterocycles. The standard InChI is InChI=1S/C14H15ClF3NO2/c1-9(2)19(8-14(16,17)18)11-5-3-10(12(15)7-11)4-6-13(20)21/h3-7,9H,8H2,1-2H3,(H,20,21)/b6-4+. The van der Waals surface area contributed by atoms with E-state index in [1.807, 2.05) is 0 Å². The number of carbonyl (C=O) groups is 1. The second-order valence-electron chi connectivity index (χ2n) is 4.71. The van der Waals surface area contributed by atoms with Gasteiger partial charge >= 0.3 is 12.1 Å². The molecular formula is C14H15ClF3NO2. The predicted molar refractivity (Wildman–Crippen MR) is 76.7 cm³/mol. The molecule has 0 fully saturated rings. The normalized spacial score (nSPS) is 12.1. The first-order valence-corrected chi connectivity index (χ1v) is 6.52. The van der Waals surface area contributed by atoms with Gasteiger partial charge in [-0.25, -0.2) is 4.79 Å². The number of rotatable bonds is 5. The van der Waals surface area contributed by atoms with Crippen molar-refractivity contribution in [2.75, 3.05) is 11.4 Å². The van der Waals surface area contributed by atoms with Crippen LogP contribution in [0, 0.1) is 0 Å². The molecule has 0 aliphatic rings. The van der Waals surface area contributed by atoms with Crippen molar-refractivity contribution >= 4 is 29.3 Å². The van der Waals surface area contributed by atoms with Gasteiger partial charge in [-0.1, -0.05) is 17.7 Å². The SMILES string of the molecule is CC(C)N(CC(F)(F)F)c1ccc(/C=C/C(=O)O)c(Cl)c1. The van der Waals surface area contributed by atoms with Crippen LogP contribution >= 0.6 is 11.6 Å². The van der Waals surface area contributed by atoms with Crippen molar-refractivity contribution < 1.29 is 23.1 Å². The van der Waals surface area contributed by atoms with Gasteiger partial charge in [0.05, 0.1) is 0 Å². The van der Waals surface area contributed by atoms with Crippen molar-refractivity contribution in [3.05, 3.63) is 34.9 Å². The minimum atomic E-state index is -4.32. The van der Waals surface area contributed by atoms with E-state index < -0.39 is 18.7 Å². The first-order valence-electron chi connectivity index (χ1n) is 6.14. The van der Waals surface area contributed by atoms with Crippen LogP contribution in [0.2, 0.25) is 5.02 Å². The highest BCUT2D eigenvalue weighted by atomic mass is 35.5. The Morgan fingerprint density at radius 2 is 2.05 bits per heavy atom. The van der Waals surface area contributed by atoms with Gasteiger partial charge in [-0.05, 0) is 37.6 Å². The van der Waals surface area contributed by atoms with E-state index in [1.54, 1.807) is 13.8 Å². The zero-order valence-corrected chi connectivity index (χ0v) is 12.2. The van der Waals surface area contributed by atoms with E-state index in [9.17, 15) is 18.0 Å². The highest BCUT2D eigenvalue weighted by Crippen LogP contribution is 2.28. The third kappa shape index (κ3) is 5.67. The van der Waals surface area contributed by atoms with Gasteiger partial charge in [-0.3, -0.25) is 0 Å². The van der Waals surface area contributed by atoms with Gasteiger partial charge < -0.3 is 10.0 Å². The summed E-state index contributed by atoms with van der Waals surface area (Å²) in [6.07, 6.45) is -2.12. The molecule has 21 heavy (non-hydrogen) atoms. The monoisotopic (exact) mass is 321 g/mol. The molecular weight excluding hydrogens is 307 g/mol. The molecule has 7 heteroatoms. The maximum atomic E-state index is 12.6. The van der Waals surface area contributed by atoms with Crippen LogP contribution in [-0.2, 0) is 4.79 Å². The molecule has 0 saturated carbocycles. The maximum Gasteiger partial charge on any atom is 0.405 e. The predicted octanol–water partition coefficient (Wildman–Crippen LogP) is 4.21. The Kier molecular flexibility index (Phi) is 5.66. The summed E-state index contributed by atoms with van der Waals surface area (Å²) in [4.78, 5) is 11.6. The number of hydrogen-bond donors (Lipinski definition) is 1. The number of benzene rings is 1. The minimum Gasteiger partial charge on any atom is -0.478 e. The molecule has 0 aromatic heterocycles. The second kappa shape index (κ2) is 6.85. The zero-order valence-electron chi connectivity index (χ0n) is 11.5. The topological polar surface area (TPSA) is 40.5 Å². The van der Waals surface area contributed by atoms with Crippen molar-refractivity contribution in [1.29, 1.82) is 0 Å². The zero-order chi connectivity index (χ0) is 16.2. The smallest absolute Gasteiger partial charge is 0.405 e. The number of nitrogens with zero attached hydrogens (tertiary/aromatic N) is 1. The van der Waals surface area contributed by atoms with Gasteiger partial charge in [0.15, 0.2) is 0 Å². The van der Waals surface area contributed by atoms with Crippen LogP contribution in [-0.4, -0.2) is 29.8 Å². The molecule has 0 heterocycles. The Bertz CT molecular complexity index is 542. The summed E-state index contributed by atoms with van der Waals surface area (Å²) in [6.45, 7) is 2.22. The Labute approximate surface area is 125 Å². The Balaban J connectivity index is 3.07. The molecule has 1 rings (SSSR count). The van der Waals surface area contributed by atoms with Gasteiger partial charge in [-0.2, -0.15) is 13.2 Å². The first kappa shape index (κ1) is 17.4. The van der Waals surface area contributed by atoms with Crippen molar-refractivity contribution in [2.24, 2.45) is 0 Å². The van der Waals surface area contributed by atoms with E-state index >= 15 is 0 Å². The van der Waals surface area contributed by atoms with Gasteiger partial charge in [0.25, 0.3) is 0 Å². The van der Waals surface area contributed by atoms with Crippen molar-refractivity contribution in [1.82, 2.24) is 0 Å². The van der Waals surface area contributed by atoms with E-state index in [0.717, 1.165) is 6.08 Å². The molecule has 0 unspecified atom stereocenters. The van der Waals surface area contributed by atoms with Crippen molar-refractivity contribution in [2.45, 2.75) is 26.1 Å². The van der Waals surface area contributed by atoms with Crippen LogP contribution < -0.4 is 4.90 Å². The van der Waals surface area contributed by atoms with Gasteiger partial charge in [0, 0.05) is 22.8 Å². The number of anilines is 1. The molecule has 1 aromatic carbocycles. The first-order chi connectivity index (χ1) is 9.60. The van der Waals surface area contributed by atoms with Crippen molar-refractivity contribution in [3.8, 4) is 0 Å². The Morgan fingerprint density at radius 3 is 2.48 bits per heavy atom. The molecule has 0 bridgehead atoms. The van der Waals surface area contributed by atoms with Gasteiger partial charge in [0.1, 0.15) is 6.54 Å². The van der Waals surface area contributed by atoms with Gasteiger partial charge in [0.2, 0.25) is 0 Å². The lowest BCUT2D eigenvalue weighted by Gasteiger charge is -2.30. The quantitative estimate of drug-likeness (QED) is 0.826. The molecule has 0 radical (unpaired) electrons. The minimum absolute atomic E-state index is 0.192.